The summed E-state index contributed by atoms with van der Waals surface area (Å²) in [6, 6.07) is 1.70. The molecular weight excluding hydrogens is 356 g/mol. The van der Waals surface area contributed by atoms with E-state index < -0.39 is 14.6 Å². The van der Waals surface area contributed by atoms with Gasteiger partial charge in [0, 0.05) is 45.5 Å². The van der Waals surface area contributed by atoms with Gasteiger partial charge in [0.1, 0.15) is 10.4 Å². The van der Waals surface area contributed by atoms with Crippen molar-refractivity contribution in [2.24, 2.45) is 5.92 Å². The first kappa shape index (κ1) is 17.9. The molecule has 1 aromatic heterocycles. The van der Waals surface area contributed by atoms with E-state index in [1.54, 1.807) is 21.8 Å². The minimum absolute atomic E-state index is 0.0886. The minimum Gasteiger partial charge on any atom is -0.379 e. The summed E-state index contributed by atoms with van der Waals surface area (Å²) >= 11 is 0. The Balaban J connectivity index is 1.49. The molecule has 1 atom stereocenters. The number of sulfone groups is 1. The van der Waals surface area contributed by atoms with Crippen LogP contribution in [-0.2, 0) is 21.1 Å². The zero-order valence-electron chi connectivity index (χ0n) is 15.1. The summed E-state index contributed by atoms with van der Waals surface area (Å²) in [4.78, 5) is 16.7. The van der Waals surface area contributed by atoms with Crippen molar-refractivity contribution in [3.05, 3.63) is 18.0 Å². The van der Waals surface area contributed by atoms with Gasteiger partial charge in [0.25, 0.3) is 5.91 Å². The van der Waals surface area contributed by atoms with E-state index in [2.05, 4.69) is 10.00 Å². The maximum absolute atomic E-state index is 12.8. The highest BCUT2D eigenvalue weighted by Gasteiger charge is 2.62. The lowest BCUT2D eigenvalue weighted by molar-refractivity contribution is 0.0137. The summed E-state index contributed by atoms with van der Waals surface area (Å²) in [6.07, 6.45) is 2.30. The van der Waals surface area contributed by atoms with E-state index in [1.807, 2.05) is 6.92 Å². The van der Waals surface area contributed by atoms with Crippen LogP contribution in [0.1, 0.15) is 23.8 Å². The van der Waals surface area contributed by atoms with E-state index in [-0.39, 0.29) is 17.6 Å². The Bertz CT molecular complexity index is 778. The predicted molar refractivity (Wildman–Crippen MR) is 95.7 cm³/mol. The third-order valence-corrected chi connectivity index (χ3v) is 8.72. The number of carbonyl (C=O) groups excluding carboxylic acids is 1. The second kappa shape index (κ2) is 6.61. The number of nitrogens with zero attached hydrogens (tertiary/aromatic N) is 4. The fraction of sp³-hybridized carbons (Fsp3) is 0.765. The SMILES string of the molecule is CCn1nccc1C(=O)N1CC2(C1)C(CN1CCOCC1)CCS2(=O)=O. The lowest BCUT2D eigenvalue weighted by Gasteiger charge is -2.50. The van der Waals surface area contributed by atoms with Gasteiger partial charge in [0.05, 0.1) is 19.0 Å². The van der Waals surface area contributed by atoms with Gasteiger partial charge in [0.2, 0.25) is 0 Å². The fourth-order valence-corrected chi connectivity index (χ4v) is 6.90. The van der Waals surface area contributed by atoms with Crippen molar-refractivity contribution in [3.8, 4) is 0 Å². The summed E-state index contributed by atoms with van der Waals surface area (Å²) in [7, 11) is -3.17. The van der Waals surface area contributed by atoms with E-state index in [0.717, 1.165) is 19.6 Å². The predicted octanol–water partition coefficient (Wildman–Crippen LogP) is -0.135. The van der Waals surface area contributed by atoms with E-state index in [9.17, 15) is 13.2 Å². The topological polar surface area (TPSA) is 84.7 Å². The second-order valence-corrected chi connectivity index (χ2v) is 9.93. The molecule has 3 aliphatic heterocycles. The number of aryl methyl sites for hydroxylation is 1. The van der Waals surface area contributed by atoms with Crippen molar-refractivity contribution in [1.82, 2.24) is 19.6 Å². The van der Waals surface area contributed by atoms with Crippen LogP contribution in [-0.4, -0.2) is 90.3 Å². The quantitative estimate of drug-likeness (QED) is 0.721. The zero-order valence-corrected chi connectivity index (χ0v) is 15.9. The smallest absolute Gasteiger partial charge is 0.272 e. The normalized spacial score (nSPS) is 27.6. The molecule has 9 heteroatoms. The number of ether oxygens (including phenoxy) is 1. The lowest BCUT2D eigenvalue weighted by atomic mass is 9.82. The van der Waals surface area contributed by atoms with E-state index >= 15 is 0 Å². The van der Waals surface area contributed by atoms with Gasteiger partial charge in [-0.25, -0.2) is 8.42 Å². The van der Waals surface area contributed by atoms with Crippen LogP contribution in [0.3, 0.4) is 0 Å². The Morgan fingerprint density at radius 3 is 2.77 bits per heavy atom. The van der Waals surface area contributed by atoms with Gasteiger partial charge in [-0.2, -0.15) is 5.10 Å². The third kappa shape index (κ3) is 2.76. The van der Waals surface area contributed by atoms with Crippen molar-refractivity contribution in [3.63, 3.8) is 0 Å². The molecule has 0 saturated carbocycles. The maximum Gasteiger partial charge on any atom is 0.272 e. The first-order valence-electron chi connectivity index (χ1n) is 9.30. The van der Waals surface area contributed by atoms with Crippen LogP contribution in [0.25, 0.3) is 0 Å². The molecule has 0 bridgehead atoms. The standard InChI is InChI=1S/C17H26N4O4S/c1-2-21-15(3-5-18-21)16(22)20-12-17(13-20)14(4-10-26(17,23)24)11-19-6-8-25-9-7-19/h3,5,14H,2,4,6-13H2,1H3. The molecule has 1 amide bonds. The van der Waals surface area contributed by atoms with Gasteiger partial charge in [-0.15, -0.1) is 0 Å². The monoisotopic (exact) mass is 382 g/mol. The lowest BCUT2D eigenvalue weighted by Crippen LogP contribution is -2.69. The number of morpholine rings is 1. The summed E-state index contributed by atoms with van der Waals surface area (Å²) in [5.74, 6) is 0.199. The van der Waals surface area contributed by atoms with Gasteiger partial charge < -0.3 is 9.64 Å². The molecule has 0 radical (unpaired) electrons. The summed E-state index contributed by atoms with van der Waals surface area (Å²) in [5, 5.41) is 4.14. The van der Waals surface area contributed by atoms with Crippen molar-refractivity contribution < 1.29 is 17.9 Å². The molecule has 3 aliphatic rings. The van der Waals surface area contributed by atoms with Crippen LogP contribution in [0.2, 0.25) is 0 Å². The van der Waals surface area contributed by atoms with E-state index in [0.29, 0.717) is 45.0 Å². The first-order valence-corrected chi connectivity index (χ1v) is 11.0. The average molecular weight is 382 g/mol. The largest absolute Gasteiger partial charge is 0.379 e. The van der Waals surface area contributed by atoms with Gasteiger partial charge >= 0.3 is 0 Å². The van der Waals surface area contributed by atoms with Gasteiger partial charge in [0.15, 0.2) is 9.84 Å². The molecule has 4 rings (SSSR count). The zero-order chi connectivity index (χ0) is 18.4. The van der Waals surface area contributed by atoms with Crippen LogP contribution in [0, 0.1) is 5.92 Å². The molecule has 3 fully saturated rings. The number of carbonyl (C=O) groups is 1. The van der Waals surface area contributed by atoms with E-state index in [1.165, 1.54) is 0 Å². The molecule has 0 aliphatic carbocycles. The molecule has 8 nitrogen and oxygen atoms in total. The number of rotatable bonds is 4. The van der Waals surface area contributed by atoms with E-state index in [4.69, 9.17) is 4.74 Å². The highest BCUT2D eigenvalue weighted by molar-refractivity contribution is 7.93. The molecule has 144 valence electrons. The highest BCUT2D eigenvalue weighted by atomic mass is 32.2. The fourth-order valence-electron chi connectivity index (χ4n) is 4.50. The number of hydrogen-bond acceptors (Lipinski definition) is 6. The van der Waals surface area contributed by atoms with Gasteiger partial charge in [-0.05, 0) is 25.3 Å². The Morgan fingerprint density at radius 1 is 1.35 bits per heavy atom. The van der Waals surface area contributed by atoms with Crippen LogP contribution < -0.4 is 0 Å². The van der Waals surface area contributed by atoms with Crippen molar-refractivity contribution >= 4 is 15.7 Å². The number of aromatic nitrogens is 2. The molecule has 4 heterocycles. The van der Waals surface area contributed by atoms with Gasteiger partial charge in [-0.1, -0.05) is 0 Å². The number of hydrogen-bond donors (Lipinski definition) is 0. The Labute approximate surface area is 154 Å². The third-order valence-electron chi connectivity index (χ3n) is 6.12. The molecule has 1 spiro atoms. The second-order valence-electron chi connectivity index (χ2n) is 7.48. The van der Waals surface area contributed by atoms with Crippen molar-refractivity contribution in [2.75, 3.05) is 51.7 Å². The molecule has 3 saturated heterocycles. The molecule has 0 N–H and O–H groups in total. The molecular formula is C17H26N4O4S. The molecule has 1 unspecified atom stereocenters. The maximum atomic E-state index is 12.8. The van der Waals surface area contributed by atoms with Crippen LogP contribution in [0.4, 0.5) is 0 Å². The number of likely N-dealkylation sites (tertiary alicyclic amines) is 1. The summed E-state index contributed by atoms with van der Waals surface area (Å²) in [6.45, 7) is 7.05. The van der Waals surface area contributed by atoms with Crippen LogP contribution in [0.15, 0.2) is 12.3 Å². The van der Waals surface area contributed by atoms with Gasteiger partial charge in [-0.3, -0.25) is 14.4 Å². The highest BCUT2D eigenvalue weighted by Crippen LogP contribution is 2.45. The van der Waals surface area contributed by atoms with Crippen molar-refractivity contribution in [2.45, 2.75) is 24.6 Å². The van der Waals surface area contributed by atoms with Crippen LogP contribution >= 0.6 is 0 Å². The summed E-state index contributed by atoms with van der Waals surface area (Å²) in [5.41, 5.74) is 0.530. The first-order chi connectivity index (χ1) is 12.5. The Hall–Kier alpha value is -1.45. The summed E-state index contributed by atoms with van der Waals surface area (Å²) < 4.78 is 31.9. The Kier molecular flexibility index (Phi) is 4.56. The molecule has 26 heavy (non-hydrogen) atoms. The number of amides is 1. The molecule has 1 aromatic rings. The minimum atomic E-state index is -3.17. The van der Waals surface area contributed by atoms with Crippen molar-refractivity contribution in [1.29, 1.82) is 0 Å². The molecule has 0 aromatic carbocycles. The average Bonchev–Trinajstić information content (AvgIpc) is 3.16. The van der Waals surface area contributed by atoms with Crippen LogP contribution in [0.5, 0.6) is 0 Å². The Morgan fingerprint density at radius 2 is 2.08 bits per heavy atom.